The van der Waals surface area contributed by atoms with Crippen molar-refractivity contribution in [3.63, 3.8) is 0 Å². The molecule has 176 valence electrons. The van der Waals surface area contributed by atoms with Gasteiger partial charge in [0.15, 0.2) is 0 Å². The van der Waals surface area contributed by atoms with Crippen molar-refractivity contribution < 1.29 is 9.53 Å². The highest BCUT2D eigenvalue weighted by atomic mass is 16.5. The van der Waals surface area contributed by atoms with Gasteiger partial charge in [-0.25, -0.2) is 4.79 Å². The molecule has 1 aliphatic heterocycles. The van der Waals surface area contributed by atoms with Crippen molar-refractivity contribution in [2.45, 2.75) is 39.0 Å². The van der Waals surface area contributed by atoms with Gasteiger partial charge in [0.05, 0.1) is 23.7 Å². The number of carbonyl (C=O) groups is 1. The fraction of sp³-hybridized carbons (Fsp3) is 0.346. The first kappa shape index (κ1) is 22.2. The maximum Gasteiger partial charge on any atom is 0.332 e. The summed E-state index contributed by atoms with van der Waals surface area (Å²) in [5.74, 6) is -0.284. The molecule has 0 saturated carbocycles. The summed E-state index contributed by atoms with van der Waals surface area (Å²) in [5, 5.41) is 3.68. The van der Waals surface area contributed by atoms with Gasteiger partial charge in [0.2, 0.25) is 5.91 Å². The van der Waals surface area contributed by atoms with E-state index >= 15 is 0 Å². The molecule has 8 heteroatoms. The Kier molecular flexibility index (Phi) is 5.83. The highest BCUT2D eigenvalue weighted by Crippen LogP contribution is 2.26. The van der Waals surface area contributed by atoms with Crippen LogP contribution >= 0.6 is 0 Å². The minimum absolute atomic E-state index is 0.00734. The lowest BCUT2D eigenvalue weighted by molar-refractivity contribution is -0.122. The highest BCUT2D eigenvalue weighted by Gasteiger charge is 2.22. The second-order valence-electron chi connectivity index (χ2n) is 8.96. The van der Waals surface area contributed by atoms with Crippen LogP contribution in [0, 0.1) is 6.92 Å². The van der Waals surface area contributed by atoms with Gasteiger partial charge in [0.1, 0.15) is 12.1 Å². The average Bonchev–Trinajstić information content (AvgIpc) is 3.45. The van der Waals surface area contributed by atoms with Gasteiger partial charge in [0, 0.05) is 25.6 Å². The zero-order chi connectivity index (χ0) is 23.8. The van der Waals surface area contributed by atoms with Crippen LogP contribution in [0.1, 0.15) is 24.0 Å². The van der Waals surface area contributed by atoms with E-state index in [2.05, 4.69) is 5.32 Å². The van der Waals surface area contributed by atoms with Crippen LogP contribution in [-0.2, 0) is 29.7 Å². The van der Waals surface area contributed by atoms with E-state index in [0.29, 0.717) is 24.2 Å². The van der Waals surface area contributed by atoms with Crippen molar-refractivity contribution in [1.29, 1.82) is 0 Å². The minimum Gasteiger partial charge on any atom is -0.376 e. The molecule has 5 rings (SSSR count). The number of nitrogens with one attached hydrogen (secondary N) is 1. The quantitative estimate of drug-likeness (QED) is 0.478. The largest absolute Gasteiger partial charge is 0.376 e. The topological polar surface area (TPSA) is 87.3 Å². The van der Waals surface area contributed by atoms with E-state index in [1.807, 2.05) is 67.1 Å². The molecule has 2 aromatic heterocycles. The molecule has 1 amide bonds. The molecular weight excluding hydrogens is 432 g/mol. The molecule has 8 nitrogen and oxygen atoms in total. The number of nitrogens with zero attached hydrogens (tertiary/aromatic N) is 3. The van der Waals surface area contributed by atoms with Crippen molar-refractivity contribution in [3.8, 4) is 0 Å². The van der Waals surface area contributed by atoms with Gasteiger partial charge in [-0.3, -0.25) is 18.7 Å². The number of benzene rings is 2. The van der Waals surface area contributed by atoms with Crippen molar-refractivity contribution in [1.82, 2.24) is 19.0 Å². The first-order valence-electron chi connectivity index (χ1n) is 11.6. The highest BCUT2D eigenvalue weighted by molar-refractivity contribution is 6.06. The van der Waals surface area contributed by atoms with Gasteiger partial charge in [-0.15, -0.1) is 0 Å². The Morgan fingerprint density at radius 3 is 2.62 bits per heavy atom. The number of aryl methyl sites for hydroxylation is 2. The van der Waals surface area contributed by atoms with Crippen LogP contribution < -0.4 is 16.6 Å². The molecule has 1 N–H and O–H groups in total. The lowest BCUT2D eigenvalue weighted by atomic mass is 10.1. The Labute approximate surface area is 196 Å². The summed E-state index contributed by atoms with van der Waals surface area (Å²) < 4.78 is 10.1. The molecule has 4 aromatic rings. The Bertz CT molecular complexity index is 1490. The van der Waals surface area contributed by atoms with E-state index < -0.39 is 5.69 Å². The summed E-state index contributed by atoms with van der Waals surface area (Å²) >= 11 is 0. The van der Waals surface area contributed by atoms with Crippen LogP contribution in [0.3, 0.4) is 0 Å². The summed E-state index contributed by atoms with van der Waals surface area (Å²) in [4.78, 5) is 40.1. The van der Waals surface area contributed by atoms with Gasteiger partial charge >= 0.3 is 5.69 Å². The molecular formula is C26H28N4O4. The van der Waals surface area contributed by atoms with Crippen molar-refractivity contribution in [3.05, 3.63) is 80.5 Å². The smallest absolute Gasteiger partial charge is 0.332 e. The van der Waals surface area contributed by atoms with Crippen LogP contribution in [-0.4, -0.2) is 38.9 Å². The summed E-state index contributed by atoms with van der Waals surface area (Å²) in [5.41, 5.74) is 2.72. The van der Waals surface area contributed by atoms with Crippen molar-refractivity contribution in [2.75, 3.05) is 13.2 Å². The van der Waals surface area contributed by atoms with Gasteiger partial charge in [-0.2, -0.15) is 0 Å². The van der Waals surface area contributed by atoms with Crippen LogP contribution in [0.15, 0.2) is 58.1 Å². The summed E-state index contributed by atoms with van der Waals surface area (Å²) in [6.45, 7) is 3.04. The number of fused-ring (bicyclic) bond motifs is 3. The molecule has 1 fully saturated rings. The number of hydrogen-bond acceptors (Lipinski definition) is 4. The number of carbonyl (C=O) groups excluding carboxylic acids is 1. The first-order chi connectivity index (χ1) is 16.4. The summed E-state index contributed by atoms with van der Waals surface area (Å²) in [6, 6.07) is 15.2. The van der Waals surface area contributed by atoms with E-state index in [1.165, 1.54) is 9.13 Å². The predicted octanol–water partition coefficient (Wildman–Crippen LogP) is 2.31. The Morgan fingerprint density at radius 1 is 1.09 bits per heavy atom. The number of amides is 1. The van der Waals surface area contributed by atoms with Gasteiger partial charge in [-0.1, -0.05) is 42.0 Å². The number of rotatable bonds is 6. The average molecular weight is 461 g/mol. The number of aromatic nitrogens is 3. The fourth-order valence-electron chi connectivity index (χ4n) is 4.80. The summed E-state index contributed by atoms with van der Waals surface area (Å²) in [7, 11) is 1.82. The minimum atomic E-state index is -0.498. The summed E-state index contributed by atoms with van der Waals surface area (Å²) in [6.07, 6.45) is 1.91. The Balaban J connectivity index is 1.66. The second kappa shape index (κ2) is 8.95. The van der Waals surface area contributed by atoms with Crippen LogP contribution in [0.25, 0.3) is 21.9 Å². The van der Waals surface area contributed by atoms with Crippen molar-refractivity contribution in [2.24, 2.45) is 7.05 Å². The normalized spacial score (nSPS) is 15.9. The number of hydrogen-bond donors (Lipinski definition) is 1. The van der Waals surface area contributed by atoms with E-state index in [0.717, 1.165) is 34.9 Å². The zero-order valence-corrected chi connectivity index (χ0v) is 19.4. The molecule has 0 aliphatic carbocycles. The molecule has 1 atom stereocenters. The number of ether oxygens (including phenoxy) is 1. The van der Waals surface area contributed by atoms with Crippen LogP contribution in [0.4, 0.5) is 0 Å². The van der Waals surface area contributed by atoms with Gasteiger partial charge in [0.25, 0.3) is 5.56 Å². The Hall–Kier alpha value is -3.65. The van der Waals surface area contributed by atoms with Crippen molar-refractivity contribution >= 4 is 27.8 Å². The maximum atomic E-state index is 13.7. The second-order valence-corrected chi connectivity index (χ2v) is 8.96. The molecule has 0 unspecified atom stereocenters. The third kappa shape index (κ3) is 3.94. The SMILES string of the molecule is Cc1ccc2c(c1)c1c(c(=O)n(Cc3ccccc3)c(=O)n1CC(=O)NC[C@@H]1CCCO1)n2C. The monoisotopic (exact) mass is 460 g/mol. The Morgan fingerprint density at radius 2 is 1.88 bits per heavy atom. The molecule has 0 bridgehead atoms. The first-order valence-corrected chi connectivity index (χ1v) is 11.6. The van der Waals surface area contributed by atoms with Crippen LogP contribution in [0.5, 0.6) is 0 Å². The lowest BCUT2D eigenvalue weighted by Crippen LogP contribution is -2.43. The van der Waals surface area contributed by atoms with Gasteiger partial charge < -0.3 is 14.6 Å². The standard InChI is InChI=1S/C26H28N4O4/c1-17-10-11-21-20(13-17)23-24(28(21)2)25(32)30(15-18-7-4-3-5-8-18)26(33)29(23)16-22(31)27-14-19-9-6-12-34-19/h3-5,7-8,10-11,13,19H,6,9,12,14-16H2,1-2H3,(H,27,31)/t19-/m0/s1. The molecule has 3 heterocycles. The molecule has 34 heavy (non-hydrogen) atoms. The van der Waals surface area contributed by atoms with Crippen LogP contribution in [0.2, 0.25) is 0 Å². The van der Waals surface area contributed by atoms with Gasteiger partial charge in [-0.05, 0) is 37.5 Å². The van der Waals surface area contributed by atoms with E-state index in [-0.39, 0.29) is 30.7 Å². The molecule has 2 aromatic carbocycles. The third-order valence-corrected chi connectivity index (χ3v) is 6.54. The third-order valence-electron chi connectivity index (χ3n) is 6.54. The molecule has 1 saturated heterocycles. The lowest BCUT2D eigenvalue weighted by Gasteiger charge is -2.15. The van der Waals surface area contributed by atoms with E-state index in [1.54, 1.807) is 0 Å². The zero-order valence-electron chi connectivity index (χ0n) is 19.4. The maximum absolute atomic E-state index is 13.7. The van der Waals surface area contributed by atoms with E-state index in [4.69, 9.17) is 4.74 Å². The van der Waals surface area contributed by atoms with E-state index in [9.17, 15) is 14.4 Å². The molecule has 1 aliphatic rings. The molecule has 0 spiro atoms. The predicted molar refractivity (Wildman–Crippen MR) is 131 cm³/mol. The fourth-order valence-corrected chi connectivity index (χ4v) is 4.80. The molecule has 0 radical (unpaired) electrons.